The van der Waals surface area contributed by atoms with Crippen molar-refractivity contribution >= 4 is 0 Å². The van der Waals surface area contributed by atoms with Gasteiger partial charge in [0.25, 0.3) is 0 Å². The predicted octanol–water partition coefficient (Wildman–Crippen LogP) is 1.86. The molecule has 0 aromatic rings. The van der Waals surface area contributed by atoms with Crippen molar-refractivity contribution < 1.29 is 18.6 Å². The maximum Gasteiger partial charge on any atom is 2.00 e. The van der Waals surface area contributed by atoms with E-state index in [1.54, 1.807) is 0 Å². The molecular formula is C5H11V+. The van der Waals surface area contributed by atoms with Gasteiger partial charge in [0.05, 0.1) is 0 Å². The van der Waals surface area contributed by atoms with E-state index in [4.69, 9.17) is 0 Å². The molecule has 0 aliphatic rings. The van der Waals surface area contributed by atoms with Crippen molar-refractivity contribution in [3.05, 3.63) is 6.92 Å². The third-order valence-electron chi connectivity index (χ3n) is 0.697. The van der Waals surface area contributed by atoms with Gasteiger partial charge >= 0.3 is 18.6 Å². The van der Waals surface area contributed by atoms with Gasteiger partial charge in [0.1, 0.15) is 0 Å². The maximum absolute atomic E-state index is 3.76. The molecule has 0 rings (SSSR count). The largest absolute Gasteiger partial charge is 2.00 e. The zero-order valence-corrected chi connectivity index (χ0v) is 5.84. The van der Waals surface area contributed by atoms with Crippen molar-refractivity contribution in [3.63, 3.8) is 0 Å². The molecule has 0 fully saturated rings. The van der Waals surface area contributed by atoms with Crippen LogP contribution in [0.4, 0.5) is 0 Å². The van der Waals surface area contributed by atoms with Crippen LogP contribution in [0.25, 0.3) is 0 Å². The van der Waals surface area contributed by atoms with Crippen LogP contribution in [0.3, 0.4) is 0 Å². The van der Waals surface area contributed by atoms with Gasteiger partial charge in [-0.3, -0.25) is 0 Å². The van der Waals surface area contributed by atoms with Crippen LogP contribution in [-0.4, -0.2) is 0 Å². The molecule has 1 atom stereocenters. The molecule has 0 saturated heterocycles. The SMILES string of the molecule is [CH2-]C(C)CC.[V+2]. The summed E-state index contributed by atoms with van der Waals surface area (Å²) in [5.41, 5.74) is 0. The average molecular weight is 122 g/mol. The summed E-state index contributed by atoms with van der Waals surface area (Å²) >= 11 is 0. The normalized spacial score (nSPS) is 12.5. The fourth-order valence-corrected chi connectivity index (χ4v) is 0. The van der Waals surface area contributed by atoms with Gasteiger partial charge in [-0.1, -0.05) is 20.3 Å². The van der Waals surface area contributed by atoms with Gasteiger partial charge < -0.3 is 6.92 Å². The van der Waals surface area contributed by atoms with E-state index < -0.39 is 0 Å². The Morgan fingerprint density at radius 1 is 1.67 bits per heavy atom. The minimum absolute atomic E-state index is 0. The van der Waals surface area contributed by atoms with Crippen LogP contribution in [0.1, 0.15) is 20.3 Å². The monoisotopic (exact) mass is 122 g/mol. The molecule has 0 aliphatic carbocycles. The maximum atomic E-state index is 3.76. The molecule has 1 unspecified atom stereocenters. The van der Waals surface area contributed by atoms with Crippen LogP contribution in [-0.2, 0) is 18.6 Å². The summed E-state index contributed by atoms with van der Waals surface area (Å²) in [4.78, 5) is 0. The van der Waals surface area contributed by atoms with Crippen molar-refractivity contribution in [2.75, 3.05) is 0 Å². The zero-order valence-electron chi connectivity index (χ0n) is 4.44. The van der Waals surface area contributed by atoms with Crippen molar-refractivity contribution in [3.8, 4) is 0 Å². The summed E-state index contributed by atoms with van der Waals surface area (Å²) in [7, 11) is 0. The van der Waals surface area contributed by atoms with E-state index >= 15 is 0 Å². The van der Waals surface area contributed by atoms with E-state index in [1.807, 2.05) is 0 Å². The second kappa shape index (κ2) is 5.58. The van der Waals surface area contributed by atoms with Crippen molar-refractivity contribution in [2.45, 2.75) is 20.3 Å². The molecule has 0 aromatic heterocycles. The van der Waals surface area contributed by atoms with E-state index in [9.17, 15) is 0 Å². The first kappa shape index (κ1) is 9.77. The fraction of sp³-hybridized carbons (Fsp3) is 0.800. The molecule has 35 valence electrons. The van der Waals surface area contributed by atoms with Crippen molar-refractivity contribution in [1.82, 2.24) is 0 Å². The third kappa shape index (κ3) is 8.82. The first-order valence-electron chi connectivity index (χ1n) is 2.10. The Kier molecular flexibility index (Phi) is 9.09. The topological polar surface area (TPSA) is 0 Å². The molecule has 0 saturated carbocycles. The Bertz CT molecular complexity index is 17.9. The van der Waals surface area contributed by atoms with Gasteiger partial charge in [-0.2, -0.15) is 5.92 Å². The Labute approximate surface area is 52.2 Å². The smallest absolute Gasteiger partial charge is 0.341 e. The number of hydrogen-bond acceptors (Lipinski definition) is 0. The summed E-state index contributed by atoms with van der Waals surface area (Å²) < 4.78 is 0. The van der Waals surface area contributed by atoms with E-state index in [1.165, 1.54) is 6.42 Å². The molecule has 0 aromatic carbocycles. The number of hydrogen-bond donors (Lipinski definition) is 0. The first-order valence-corrected chi connectivity index (χ1v) is 2.10. The van der Waals surface area contributed by atoms with Crippen LogP contribution in [0.2, 0.25) is 0 Å². The second-order valence-corrected chi connectivity index (χ2v) is 1.51. The molecule has 0 spiro atoms. The van der Waals surface area contributed by atoms with Gasteiger partial charge in [-0.25, -0.2) is 0 Å². The van der Waals surface area contributed by atoms with Crippen molar-refractivity contribution in [1.29, 1.82) is 0 Å². The minimum atomic E-state index is 0. The summed E-state index contributed by atoms with van der Waals surface area (Å²) in [5, 5.41) is 0. The number of rotatable bonds is 1. The Hall–Kier alpha value is 0.584. The van der Waals surface area contributed by atoms with Gasteiger partial charge in [-0.05, 0) is 0 Å². The molecule has 0 N–H and O–H groups in total. The van der Waals surface area contributed by atoms with Crippen LogP contribution in [0, 0.1) is 12.8 Å². The third-order valence-corrected chi connectivity index (χ3v) is 0.697. The molecule has 0 nitrogen and oxygen atoms in total. The molecule has 0 bridgehead atoms. The molecule has 1 heteroatoms. The molecule has 0 amide bonds. The van der Waals surface area contributed by atoms with Crippen molar-refractivity contribution in [2.24, 2.45) is 5.92 Å². The summed E-state index contributed by atoms with van der Waals surface area (Å²) in [5.74, 6) is 0.634. The van der Waals surface area contributed by atoms with Gasteiger partial charge in [-0.15, -0.1) is 0 Å². The van der Waals surface area contributed by atoms with Crippen LogP contribution in [0.15, 0.2) is 0 Å². The predicted molar refractivity (Wildman–Crippen MR) is 24.8 cm³/mol. The molecule has 1 radical (unpaired) electrons. The molecule has 0 heterocycles. The standard InChI is InChI=1S/C5H11.V/c1-4-5(2)3;/h5H,2,4H2,1,3H3;/q-1;+2. The van der Waals surface area contributed by atoms with Gasteiger partial charge in [0.2, 0.25) is 0 Å². The average Bonchev–Trinajstić information content (AvgIpc) is 1.38. The second-order valence-electron chi connectivity index (χ2n) is 1.51. The Morgan fingerprint density at radius 3 is 1.83 bits per heavy atom. The summed E-state index contributed by atoms with van der Waals surface area (Å²) in [6, 6.07) is 0. The van der Waals surface area contributed by atoms with E-state index in [-0.39, 0.29) is 18.6 Å². The van der Waals surface area contributed by atoms with Crippen LogP contribution >= 0.6 is 0 Å². The van der Waals surface area contributed by atoms with E-state index in [0.29, 0.717) is 5.92 Å². The quantitative estimate of drug-likeness (QED) is 0.465. The Morgan fingerprint density at radius 2 is 1.83 bits per heavy atom. The zero-order chi connectivity index (χ0) is 4.28. The van der Waals surface area contributed by atoms with E-state index in [0.717, 1.165) is 0 Å². The molecule has 0 aliphatic heterocycles. The van der Waals surface area contributed by atoms with Gasteiger partial charge in [0, 0.05) is 0 Å². The fourth-order valence-electron chi connectivity index (χ4n) is 0. The summed E-state index contributed by atoms with van der Waals surface area (Å²) in [6.45, 7) is 8.00. The Balaban J connectivity index is 0. The van der Waals surface area contributed by atoms with Crippen LogP contribution < -0.4 is 0 Å². The molecular weight excluding hydrogens is 111 g/mol. The van der Waals surface area contributed by atoms with Crippen LogP contribution in [0.5, 0.6) is 0 Å². The first-order chi connectivity index (χ1) is 2.27. The van der Waals surface area contributed by atoms with E-state index in [2.05, 4.69) is 20.8 Å². The molecule has 6 heavy (non-hydrogen) atoms. The summed E-state index contributed by atoms with van der Waals surface area (Å²) in [6.07, 6.45) is 1.19. The van der Waals surface area contributed by atoms with Gasteiger partial charge in [0.15, 0.2) is 0 Å². The minimum Gasteiger partial charge on any atom is -0.341 e.